The molecule has 0 saturated carbocycles. The molecular formula is C24H25Cl2N5O5. The van der Waals surface area contributed by atoms with Crippen molar-refractivity contribution in [3.05, 3.63) is 52.4 Å². The number of benzene rings is 1. The van der Waals surface area contributed by atoms with Gasteiger partial charge in [-0.3, -0.25) is 4.90 Å². The zero-order chi connectivity index (χ0) is 25.4. The second-order valence-electron chi connectivity index (χ2n) is 9.69. The van der Waals surface area contributed by atoms with Gasteiger partial charge in [0.15, 0.2) is 12.0 Å². The molecule has 3 aromatic rings. The molecule has 12 heteroatoms. The highest BCUT2D eigenvalue weighted by atomic mass is 35.5. The summed E-state index contributed by atoms with van der Waals surface area (Å²) in [6.45, 7) is 4.82. The molecule has 1 N–H and O–H groups in total. The summed E-state index contributed by atoms with van der Waals surface area (Å²) < 4.78 is 20.7. The summed E-state index contributed by atoms with van der Waals surface area (Å²) in [6.07, 6.45) is -0.234. The number of anilines is 1. The van der Waals surface area contributed by atoms with E-state index in [0.29, 0.717) is 45.5 Å². The van der Waals surface area contributed by atoms with Crippen molar-refractivity contribution in [2.24, 2.45) is 0 Å². The third kappa shape index (κ3) is 3.75. The van der Waals surface area contributed by atoms with Crippen LogP contribution in [0.5, 0.6) is 0 Å². The molecule has 6 rings (SSSR count). The minimum Gasteiger partial charge on any atom is -0.386 e. The van der Waals surface area contributed by atoms with Gasteiger partial charge >= 0.3 is 6.03 Å². The zero-order valence-electron chi connectivity index (χ0n) is 19.8. The van der Waals surface area contributed by atoms with Gasteiger partial charge in [-0.05, 0) is 37.6 Å². The lowest BCUT2D eigenvalue weighted by Crippen LogP contribution is -2.34. The van der Waals surface area contributed by atoms with E-state index in [-0.39, 0.29) is 6.03 Å². The van der Waals surface area contributed by atoms with Crippen LogP contribution in [0.2, 0.25) is 10.0 Å². The molecular weight excluding hydrogens is 509 g/mol. The maximum atomic E-state index is 12.6. The number of hydrogen-bond donors (Lipinski definition) is 1. The molecule has 0 radical (unpaired) electrons. The summed E-state index contributed by atoms with van der Waals surface area (Å²) in [5, 5.41) is 12.7. The smallest absolute Gasteiger partial charge is 0.325 e. The summed E-state index contributed by atoms with van der Waals surface area (Å²) in [4.78, 5) is 24.8. The van der Waals surface area contributed by atoms with Crippen molar-refractivity contribution in [1.82, 2.24) is 19.4 Å². The minimum atomic E-state index is -1.04. The fourth-order valence-electron chi connectivity index (χ4n) is 5.19. The van der Waals surface area contributed by atoms with Crippen LogP contribution in [0.1, 0.15) is 31.7 Å². The number of nitrogens with zero attached hydrogens (tertiary/aromatic N) is 5. The average molecular weight is 534 g/mol. The number of likely N-dealkylation sites (N-methyl/N-ethyl adjacent to an activating group) is 1. The Morgan fingerprint density at radius 2 is 1.89 bits per heavy atom. The van der Waals surface area contributed by atoms with E-state index in [2.05, 4.69) is 9.97 Å². The third-order valence-electron chi connectivity index (χ3n) is 6.90. The van der Waals surface area contributed by atoms with E-state index in [1.165, 1.54) is 6.33 Å². The molecule has 2 amide bonds. The Hall–Kier alpha value is -2.47. The normalized spacial score (nSPS) is 28.3. The van der Waals surface area contributed by atoms with E-state index in [1.807, 2.05) is 30.7 Å². The lowest BCUT2D eigenvalue weighted by Gasteiger charge is -2.27. The number of halogens is 2. The lowest BCUT2D eigenvalue weighted by atomic mass is 9.99. The minimum absolute atomic E-state index is 0.112. The van der Waals surface area contributed by atoms with Crippen molar-refractivity contribution in [3.63, 3.8) is 0 Å². The van der Waals surface area contributed by atoms with Crippen LogP contribution in [0.4, 0.5) is 10.6 Å². The van der Waals surface area contributed by atoms with Gasteiger partial charge in [0.2, 0.25) is 0 Å². The second-order valence-corrected chi connectivity index (χ2v) is 10.5. The van der Waals surface area contributed by atoms with Gasteiger partial charge in [-0.25, -0.2) is 14.8 Å². The van der Waals surface area contributed by atoms with Crippen LogP contribution >= 0.6 is 23.2 Å². The Morgan fingerprint density at radius 1 is 1.11 bits per heavy atom. The topological polar surface area (TPSA) is 102 Å². The molecule has 3 aliphatic rings. The van der Waals surface area contributed by atoms with E-state index < -0.39 is 36.4 Å². The fraction of sp³-hybridized carbons (Fsp3) is 0.458. The molecule has 0 aliphatic carbocycles. The Labute approximate surface area is 217 Å². The lowest BCUT2D eigenvalue weighted by molar-refractivity contribution is -0.207. The summed E-state index contributed by atoms with van der Waals surface area (Å²) in [5.41, 5.74) is 1.14. The van der Waals surface area contributed by atoms with Crippen molar-refractivity contribution >= 4 is 46.1 Å². The number of aliphatic hydroxyl groups is 1. The Balaban J connectivity index is 1.37. The number of rotatable bonds is 4. The first-order chi connectivity index (χ1) is 17.1. The van der Waals surface area contributed by atoms with E-state index in [0.717, 1.165) is 0 Å². The number of aromatic nitrogens is 3. The van der Waals surface area contributed by atoms with Crippen molar-refractivity contribution in [1.29, 1.82) is 0 Å². The maximum absolute atomic E-state index is 12.6. The Bertz CT molecular complexity index is 1350. The van der Waals surface area contributed by atoms with Crippen molar-refractivity contribution in [3.8, 4) is 0 Å². The number of urea groups is 1. The van der Waals surface area contributed by atoms with Gasteiger partial charge in [-0.1, -0.05) is 29.3 Å². The summed E-state index contributed by atoms with van der Waals surface area (Å²) >= 11 is 12.3. The summed E-state index contributed by atoms with van der Waals surface area (Å²) in [7, 11) is 1.76. The van der Waals surface area contributed by atoms with Crippen LogP contribution in [0.15, 0.2) is 36.8 Å². The SMILES string of the molecule is CN1CCN(c2ncnc3c2ccn3[C@@H]2O[C@H]([C@H](O)c3ccc(Cl)c(Cl)c3)[C@H]3OC(C)(C)O[C@H]32)C1=O. The molecule has 0 unspecified atom stereocenters. The standard InChI is InChI=1S/C24H25Cl2N5O5/c1-24(2)35-18-17(16(32)12-4-5-14(25)15(26)10-12)34-22(19(18)36-24)30-7-6-13-20(30)27-11-28-21(13)31-9-8-29(3)23(31)33/h4-7,10-11,16-19,22,32H,8-9H2,1-3H3/t16-,17-,18-,19-,22-/m1/s1. The van der Waals surface area contributed by atoms with Crippen LogP contribution in [0.25, 0.3) is 11.0 Å². The van der Waals surface area contributed by atoms with Gasteiger partial charge in [0.05, 0.1) is 15.4 Å². The molecule has 0 spiro atoms. The molecule has 5 heterocycles. The maximum Gasteiger partial charge on any atom is 0.325 e. The molecule has 5 atom stereocenters. The number of hydrogen-bond acceptors (Lipinski definition) is 7. The van der Waals surface area contributed by atoms with Crippen molar-refractivity contribution in [2.45, 2.75) is 50.3 Å². The number of carbonyl (C=O) groups excluding carboxylic acids is 1. The quantitative estimate of drug-likeness (QED) is 0.544. The Kier molecular flexibility index (Phi) is 5.67. The summed E-state index contributed by atoms with van der Waals surface area (Å²) in [5.74, 6) is -0.332. The van der Waals surface area contributed by atoms with Crippen LogP contribution in [0, 0.1) is 0 Å². The third-order valence-corrected chi connectivity index (χ3v) is 7.63. The van der Waals surface area contributed by atoms with E-state index >= 15 is 0 Å². The van der Waals surface area contributed by atoms with Gasteiger partial charge in [-0.15, -0.1) is 0 Å². The first-order valence-electron chi connectivity index (χ1n) is 11.6. The second kappa shape index (κ2) is 8.54. The van der Waals surface area contributed by atoms with E-state index in [9.17, 15) is 9.90 Å². The van der Waals surface area contributed by atoms with Gasteiger partial charge in [0, 0.05) is 26.3 Å². The molecule has 190 valence electrons. The number of aliphatic hydroxyl groups excluding tert-OH is 1. The zero-order valence-corrected chi connectivity index (χ0v) is 21.3. The largest absolute Gasteiger partial charge is 0.386 e. The predicted molar refractivity (Wildman–Crippen MR) is 132 cm³/mol. The molecule has 3 fully saturated rings. The fourth-order valence-corrected chi connectivity index (χ4v) is 5.50. The van der Waals surface area contributed by atoms with Crippen molar-refractivity contribution < 1.29 is 24.1 Å². The molecule has 0 bridgehead atoms. The molecule has 2 aromatic heterocycles. The predicted octanol–water partition coefficient (Wildman–Crippen LogP) is 3.76. The van der Waals surface area contributed by atoms with Gasteiger partial charge in [0.1, 0.15) is 42.2 Å². The monoisotopic (exact) mass is 533 g/mol. The number of carbonyl (C=O) groups is 1. The molecule has 36 heavy (non-hydrogen) atoms. The molecule has 10 nitrogen and oxygen atoms in total. The first-order valence-corrected chi connectivity index (χ1v) is 12.4. The molecule has 3 saturated heterocycles. The van der Waals surface area contributed by atoms with Gasteiger partial charge in [0.25, 0.3) is 0 Å². The number of amides is 2. The van der Waals surface area contributed by atoms with Gasteiger partial charge < -0.3 is 28.8 Å². The number of ether oxygens (including phenoxy) is 3. The van der Waals surface area contributed by atoms with E-state index in [4.69, 9.17) is 37.4 Å². The highest BCUT2D eigenvalue weighted by molar-refractivity contribution is 6.42. The average Bonchev–Trinajstić information content (AvgIpc) is 3.57. The highest BCUT2D eigenvalue weighted by Gasteiger charge is 2.58. The summed E-state index contributed by atoms with van der Waals surface area (Å²) in [6, 6.07) is 6.71. The van der Waals surface area contributed by atoms with Crippen LogP contribution < -0.4 is 4.90 Å². The van der Waals surface area contributed by atoms with Crippen molar-refractivity contribution in [2.75, 3.05) is 25.0 Å². The number of fused-ring (bicyclic) bond motifs is 2. The molecule has 1 aromatic carbocycles. The highest BCUT2D eigenvalue weighted by Crippen LogP contribution is 2.47. The molecule has 3 aliphatic heterocycles. The van der Waals surface area contributed by atoms with Crippen LogP contribution in [-0.4, -0.2) is 74.8 Å². The van der Waals surface area contributed by atoms with Crippen LogP contribution in [0.3, 0.4) is 0 Å². The Morgan fingerprint density at radius 3 is 2.61 bits per heavy atom. The van der Waals surface area contributed by atoms with Gasteiger partial charge in [-0.2, -0.15) is 0 Å². The van der Waals surface area contributed by atoms with Crippen LogP contribution in [-0.2, 0) is 14.2 Å². The van der Waals surface area contributed by atoms with E-state index in [1.54, 1.807) is 35.0 Å². The first kappa shape index (κ1) is 23.9.